The van der Waals surface area contributed by atoms with Crippen LogP contribution in [0.1, 0.15) is 32.8 Å². The largest absolute Gasteiger partial charge is 0.388 e. The first-order valence-corrected chi connectivity index (χ1v) is 7.02. The molecular weight excluding hydrogens is 252 g/mol. The van der Waals surface area contributed by atoms with Crippen molar-refractivity contribution in [1.82, 2.24) is 0 Å². The third-order valence-corrected chi connectivity index (χ3v) is 3.54. The molecule has 1 aromatic rings. The lowest BCUT2D eigenvalue weighted by atomic mass is 9.91. The second-order valence-corrected chi connectivity index (χ2v) is 5.09. The van der Waals surface area contributed by atoms with Gasteiger partial charge in [0.25, 0.3) is 0 Å². The number of rotatable bonds is 8. The fraction of sp³-hybridized carbons (Fsp3) is 0.471. The zero-order chi connectivity index (χ0) is 15.1. The van der Waals surface area contributed by atoms with Crippen LogP contribution in [0, 0.1) is 5.92 Å². The maximum Gasteiger partial charge on any atom is 0.166 e. The van der Waals surface area contributed by atoms with Crippen molar-refractivity contribution < 1.29 is 14.6 Å². The van der Waals surface area contributed by atoms with Crippen LogP contribution in [0.4, 0.5) is 0 Å². The lowest BCUT2D eigenvalue weighted by Crippen LogP contribution is -2.34. The molecule has 1 rings (SSSR count). The van der Waals surface area contributed by atoms with Crippen LogP contribution in [-0.2, 0) is 16.1 Å². The first-order valence-electron chi connectivity index (χ1n) is 7.02. The minimum absolute atomic E-state index is 0.0944. The number of carbonyl (C=O) groups is 1. The van der Waals surface area contributed by atoms with Crippen molar-refractivity contribution in [3.63, 3.8) is 0 Å². The highest BCUT2D eigenvalue weighted by Crippen LogP contribution is 2.17. The maximum atomic E-state index is 12.2. The van der Waals surface area contributed by atoms with Crippen molar-refractivity contribution in [2.24, 2.45) is 5.92 Å². The number of ketones is 1. The van der Waals surface area contributed by atoms with Crippen LogP contribution < -0.4 is 0 Å². The van der Waals surface area contributed by atoms with E-state index in [1.165, 1.54) is 0 Å². The Labute approximate surface area is 121 Å². The van der Waals surface area contributed by atoms with Gasteiger partial charge in [-0.05, 0) is 24.5 Å². The molecule has 0 bridgehead atoms. The first kappa shape index (κ1) is 16.6. The van der Waals surface area contributed by atoms with Crippen LogP contribution in [0.2, 0.25) is 0 Å². The van der Waals surface area contributed by atoms with Gasteiger partial charge in [-0.3, -0.25) is 4.79 Å². The molecule has 0 saturated carbocycles. The van der Waals surface area contributed by atoms with E-state index in [0.717, 1.165) is 5.56 Å². The second-order valence-electron chi connectivity index (χ2n) is 5.09. The van der Waals surface area contributed by atoms with Gasteiger partial charge in [0.05, 0.1) is 12.7 Å². The van der Waals surface area contributed by atoms with Crippen LogP contribution in [0.25, 0.3) is 0 Å². The molecule has 1 N–H and O–H groups in total. The molecule has 0 aliphatic rings. The summed E-state index contributed by atoms with van der Waals surface area (Å²) in [4.78, 5) is 12.2. The molecule has 0 aromatic heterocycles. The number of aliphatic hydroxyl groups is 1. The summed E-state index contributed by atoms with van der Waals surface area (Å²) in [6, 6.07) is 9.71. The highest BCUT2D eigenvalue weighted by Gasteiger charge is 2.27. The van der Waals surface area contributed by atoms with E-state index in [1.54, 1.807) is 13.8 Å². The molecule has 0 heterocycles. The average Bonchev–Trinajstić information content (AvgIpc) is 2.50. The summed E-state index contributed by atoms with van der Waals surface area (Å²) in [5.41, 5.74) is 1.71. The molecule has 1 aromatic carbocycles. The molecule has 3 atom stereocenters. The normalized spacial score (nSPS) is 15.4. The van der Waals surface area contributed by atoms with E-state index < -0.39 is 18.1 Å². The van der Waals surface area contributed by atoms with Gasteiger partial charge in [0.1, 0.15) is 6.10 Å². The molecular formula is C17H24O3. The van der Waals surface area contributed by atoms with Gasteiger partial charge in [0.15, 0.2) is 5.78 Å². The predicted octanol–water partition coefficient (Wildman–Crippen LogP) is 3.12. The fourth-order valence-electron chi connectivity index (χ4n) is 1.97. The molecule has 3 heteroatoms. The SMILES string of the molecule is C=C(CC)[C@H](O)[C@@H](C)C(=O)[C@H](C)OCc1ccccc1. The summed E-state index contributed by atoms with van der Waals surface area (Å²) in [5, 5.41) is 10.0. The van der Waals surface area contributed by atoms with Crippen LogP contribution in [0.5, 0.6) is 0 Å². The minimum atomic E-state index is -0.796. The van der Waals surface area contributed by atoms with E-state index >= 15 is 0 Å². The van der Waals surface area contributed by atoms with Crippen molar-refractivity contribution in [1.29, 1.82) is 0 Å². The predicted molar refractivity (Wildman–Crippen MR) is 80.3 cm³/mol. The lowest BCUT2D eigenvalue weighted by Gasteiger charge is -2.22. The Morgan fingerprint density at radius 1 is 1.30 bits per heavy atom. The standard InChI is InChI=1S/C17H24O3/c1-5-12(2)16(18)13(3)17(19)14(4)20-11-15-9-7-6-8-10-15/h6-10,13-14,16,18H,2,5,11H2,1,3-4H3/t13-,14+,16+/m1/s1. The van der Waals surface area contributed by atoms with Crippen molar-refractivity contribution in [3.05, 3.63) is 48.0 Å². The molecule has 0 spiro atoms. The van der Waals surface area contributed by atoms with Crippen LogP contribution in [0.15, 0.2) is 42.5 Å². The average molecular weight is 276 g/mol. The van der Waals surface area contributed by atoms with Crippen molar-refractivity contribution in [2.45, 2.75) is 46.0 Å². The molecule has 20 heavy (non-hydrogen) atoms. The summed E-state index contributed by atoms with van der Waals surface area (Å²) in [7, 11) is 0. The molecule has 0 saturated heterocycles. The first-order chi connectivity index (χ1) is 9.47. The van der Waals surface area contributed by atoms with Gasteiger partial charge in [-0.25, -0.2) is 0 Å². The highest BCUT2D eigenvalue weighted by molar-refractivity contribution is 5.85. The Kier molecular flexibility index (Phi) is 6.62. The lowest BCUT2D eigenvalue weighted by molar-refractivity contribution is -0.136. The van der Waals surface area contributed by atoms with Gasteiger partial charge in [0.2, 0.25) is 0 Å². The summed E-state index contributed by atoms with van der Waals surface area (Å²) >= 11 is 0. The molecule has 0 unspecified atom stereocenters. The van der Waals surface area contributed by atoms with E-state index in [0.29, 0.717) is 18.6 Å². The third kappa shape index (κ3) is 4.58. The van der Waals surface area contributed by atoms with Gasteiger partial charge >= 0.3 is 0 Å². The van der Waals surface area contributed by atoms with E-state index in [-0.39, 0.29) is 5.78 Å². The van der Waals surface area contributed by atoms with Crippen LogP contribution >= 0.6 is 0 Å². The van der Waals surface area contributed by atoms with Gasteiger partial charge in [-0.15, -0.1) is 0 Å². The summed E-state index contributed by atoms with van der Waals surface area (Å²) in [5.74, 6) is -0.587. The topological polar surface area (TPSA) is 46.5 Å². The smallest absolute Gasteiger partial charge is 0.166 e. The van der Waals surface area contributed by atoms with Gasteiger partial charge < -0.3 is 9.84 Å². The molecule has 0 amide bonds. The van der Waals surface area contributed by atoms with Gasteiger partial charge in [-0.2, -0.15) is 0 Å². The molecule has 110 valence electrons. The number of hydrogen-bond acceptors (Lipinski definition) is 3. The van der Waals surface area contributed by atoms with E-state index in [1.807, 2.05) is 37.3 Å². The Morgan fingerprint density at radius 3 is 2.45 bits per heavy atom. The molecule has 3 nitrogen and oxygen atoms in total. The van der Waals surface area contributed by atoms with Crippen LogP contribution in [-0.4, -0.2) is 23.1 Å². The molecule has 0 radical (unpaired) electrons. The van der Waals surface area contributed by atoms with E-state index in [2.05, 4.69) is 6.58 Å². The molecule has 0 fully saturated rings. The highest BCUT2D eigenvalue weighted by atomic mass is 16.5. The van der Waals surface area contributed by atoms with E-state index in [4.69, 9.17) is 4.74 Å². The van der Waals surface area contributed by atoms with E-state index in [9.17, 15) is 9.90 Å². The molecule has 0 aliphatic carbocycles. The third-order valence-electron chi connectivity index (χ3n) is 3.54. The van der Waals surface area contributed by atoms with Crippen molar-refractivity contribution in [3.8, 4) is 0 Å². The Bertz CT molecular complexity index is 439. The number of aliphatic hydroxyl groups excluding tert-OH is 1. The number of carbonyl (C=O) groups excluding carboxylic acids is 1. The van der Waals surface area contributed by atoms with Gasteiger partial charge in [-0.1, -0.05) is 50.8 Å². The maximum absolute atomic E-state index is 12.2. The Hall–Kier alpha value is -1.45. The van der Waals surface area contributed by atoms with Crippen molar-refractivity contribution in [2.75, 3.05) is 0 Å². The zero-order valence-corrected chi connectivity index (χ0v) is 12.5. The van der Waals surface area contributed by atoms with Crippen molar-refractivity contribution >= 4 is 5.78 Å². The summed E-state index contributed by atoms with van der Waals surface area (Å²) in [6.07, 6.45) is -0.669. The quantitative estimate of drug-likeness (QED) is 0.742. The number of benzene rings is 1. The number of ether oxygens (including phenoxy) is 1. The monoisotopic (exact) mass is 276 g/mol. The Morgan fingerprint density at radius 2 is 1.90 bits per heavy atom. The Balaban J connectivity index is 2.52. The summed E-state index contributed by atoms with van der Waals surface area (Å²) < 4.78 is 5.58. The minimum Gasteiger partial charge on any atom is -0.388 e. The zero-order valence-electron chi connectivity index (χ0n) is 12.5. The second kappa shape index (κ2) is 7.98. The number of hydrogen-bond donors (Lipinski definition) is 1. The summed E-state index contributed by atoms with van der Waals surface area (Å²) in [6.45, 7) is 9.54. The molecule has 0 aliphatic heterocycles. The van der Waals surface area contributed by atoms with Crippen LogP contribution in [0.3, 0.4) is 0 Å². The van der Waals surface area contributed by atoms with Gasteiger partial charge in [0, 0.05) is 5.92 Å². The number of Topliss-reactive ketones (excluding diaryl/α,β-unsaturated/α-hetero) is 1. The fourth-order valence-corrected chi connectivity index (χ4v) is 1.97.